The van der Waals surface area contributed by atoms with Gasteiger partial charge in [0.2, 0.25) is 0 Å². The minimum absolute atomic E-state index is 0.826. The molecule has 1 nitrogen and oxygen atoms in total. The van der Waals surface area contributed by atoms with Gasteiger partial charge >= 0.3 is 0 Å². The standard InChI is InChI=1S/C8H17N.2C2H6/c1-8-6-4-3-5-7-9(8)2;2*1-2/h8H,3-7H2,1-2H3;2*1-2H3. The number of nitrogens with zero attached hydrogens (tertiary/aromatic N) is 1. The summed E-state index contributed by atoms with van der Waals surface area (Å²) in [5, 5.41) is 0. The fourth-order valence-electron chi connectivity index (χ4n) is 1.42. The van der Waals surface area contributed by atoms with Crippen molar-refractivity contribution in [2.24, 2.45) is 0 Å². The van der Waals surface area contributed by atoms with Crippen molar-refractivity contribution < 1.29 is 0 Å². The summed E-state index contributed by atoms with van der Waals surface area (Å²) in [7, 11) is 2.23. The molecular weight excluding hydrogens is 158 g/mol. The predicted molar refractivity (Wildman–Crippen MR) is 63.3 cm³/mol. The molecule has 1 atom stereocenters. The van der Waals surface area contributed by atoms with E-state index in [-0.39, 0.29) is 0 Å². The SMILES string of the molecule is CC.CC.CC1CCCCCN1C. The van der Waals surface area contributed by atoms with Crippen LogP contribution >= 0.6 is 0 Å². The van der Waals surface area contributed by atoms with Crippen LogP contribution in [-0.4, -0.2) is 24.5 Å². The highest BCUT2D eigenvalue weighted by Gasteiger charge is 2.11. The van der Waals surface area contributed by atoms with E-state index in [1.807, 2.05) is 27.7 Å². The Labute approximate surface area is 85.5 Å². The van der Waals surface area contributed by atoms with E-state index in [0.717, 1.165) is 6.04 Å². The summed E-state index contributed by atoms with van der Waals surface area (Å²) in [6.45, 7) is 11.6. The maximum atomic E-state index is 2.47. The molecule has 1 aliphatic heterocycles. The lowest BCUT2D eigenvalue weighted by atomic mass is 10.1. The summed E-state index contributed by atoms with van der Waals surface area (Å²) >= 11 is 0. The molecule has 0 radical (unpaired) electrons. The predicted octanol–water partition coefficient (Wildman–Crippen LogP) is 3.93. The normalized spacial score (nSPS) is 23.1. The van der Waals surface area contributed by atoms with Crippen LogP contribution < -0.4 is 0 Å². The molecule has 1 unspecified atom stereocenters. The van der Waals surface area contributed by atoms with Crippen LogP contribution in [-0.2, 0) is 0 Å². The third kappa shape index (κ3) is 8.29. The van der Waals surface area contributed by atoms with Crippen molar-refractivity contribution in [3.8, 4) is 0 Å². The van der Waals surface area contributed by atoms with Crippen LogP contribution in [0.25, 0.3) is 0 Å². The number of hydrogen-bond donors (Lipinski definition) is 0. The lowest BCUT2D eigenvalue weighted by Gasteiger charge is -2.20. The maximum Gasteiger partial charge on any atom is 0.00638 e. The van der Waals surface area contributed by atoms with E-state index in [1.165, 1.54) is 32.2 Å². The van der Waals surface area contributed by atoms with Crippen LogP contribution in [0.2, 0.25) is 0 Å². The Morgan fingerprint density at radius 1 is 0.923 bits per heavy atom. The lowest BCUT2D eigenvalue weighted by molar-refractivity contribution is 0.264. The molecule has 0 aliphatic carbocycles. The van der Waals surface area contributed by atoms with Gasteiger partial charge in [-0.3, -0.25) is 0 Å². The minimum atomic E-state index is 0.826. The Hall–Kier alpha value is -0.0400. The van der Waals surface area contributed by atoms with Gasteiger partial charge < -0.3 is 4.90 Å². The van der Waals surface area contributed by atoms with E-state index in [0.29, 0.717) is 0 Å². The van der Waals surface area contributed by atoms with Crippen LogP contribution in [0, 0.1) is 0 Å². The number of hydrogen-bond acceptors (Lipinski definition) is 1. The molecule has 82 valence electrons. The Morgan fingerprint density at radius 2 is 1.46 bits per heavy atom. The number of likely N-dealkylation sites (tertiary alicyclic amines) is 1. The fourth-order valence-corrected chi connectivity index (χ4v) is 1.42. The van der Waals surface area contributed by atoms with E-state index in [9.17, 15) is 0 Å². The molecular formula is C12H29N. The molecule has 13 heavy (non-hydrogen) atoms. The van der Waals surface area contributed by atoms with Gasteiger partial charge in [0.1, 0.15) is 0 Å². The quantitative estimate of drug-likeness (QED) is 0.555. The van der Waals surface area contributed by atoms with Gasteiger partial charge in [0.05, 0.1) is 0 Å². The van der Waals surface area contributed by atoms with Gasteiger partial charge in [0, 0.05) is 6.04 Å². The first-order valence-electron chi connectivity index (χ1n) is 6.01. The van der Waals surface area contributed by atoms with Gasteiger partial charge in [-0.1, -0.05) is 40.5 Å². The second kappa shape index (κ2) is 12.0. The fraction of sp³-hybridized carbons (Fsp3) is 1.00. The molecule has 0 amide bonds. The number of rotatable bonds is 0. The molecule has 1 saturated heterocycles. The largest absolute Gasteiger partial charge is 0.304 e. The smallest absolute Gasteiger partial charge is 0.00638 e. The van der Waals surface area contributed by atoms with Crippen molar-refractivity contribution >= 4 is 0 Å². The Balaban J connectivity index is 0. The van der Waals surface area contributed by atoms with E-state index in [1.54, 1.807) is 0 Å². The average Bonchev–Trinajstić information content (AvgIpc) is 2.39. The van der Waals surface area contributed by atoms with E-state index in [4.69, 9.17) is 0 Å². The zero-order valence-corrected chi connectivity index (χ0v) is 10.6. The first-order valence-corrected chi connectivity index (χ1v) is 6.01. The lowest BCUT2D eigenvalue weighted by Crippen LogP contribution is -2.27. The minimum Gasteiger partial charge on any atom is -0.304 e. The molecule has 0 saturated carbocycles. The zero-order chi connectivity index (χ0) is 10.7. The molecule has 0 aromatic rings. The Bertz CT molecular complexity index is 71.2. The van der Waals surface area contributed by atoms with Crippen molar-refractivity contribution in [1.29, 1.82) is 0 Å². The monoisotopic (exact) mass is 187 g/mol. The van der Waals surface area contributed by atoms with E-state index < -0.39 is 0 Å². The molecule has 1 heteroatoms. The summed E-state index contributed by atoms with van der Waals surface area (Å²) in [5.41, 5.74) is 0. The van der Waals surface area contributed by atoms with Crippen LogP contribution in [0.15, 0.2) is 0 Å². The molecule has 0 N–H and O–H groups in total. The highest BCUT2D eigenvalue weighted by molar-refractivity contribution is 4.67. The second-order valence-electron chi connectivity index (χ2n) is 3.18. The molecule has 1 aliphatic rings. The molecule has 0 bridgehead atoms. The van der Waals surface area contributed by atoms with E-state index >= 15 is 0 Å². The summed E-state index contributed by atoms with van der Waals surface area (Å²) in [6.07, 6.45) is 5.68. The summed E-state index contributed by atoms with van der Waals surface area (Å²) in [4.78, 5) is 2.47. The zero-order valence-electron chi connectivity index (χ0n) is 10.6. The van der Waals surface area contributed by atoms with Gasteiger partial charge in [0.25, 0.3) is 0 Å². The van der Waals surface area contributed by atoms with Gasteiger partial charge in [-0.15, -0.1) is 0 Å². The topological polar surface area (TPSA) is 3.24 Å². The van der Waals surface area contributed by atoms with Crippen molar-refractivity contribution in [1.82, 2.24) is 4.90 Å². The third-order valence-corrected chi connectivity index (χ3v) is 2.39. The first-order chi connectivity index (χ1) is 6.30. The average molecular weight is 187 g/mol. The highest BCUT2D eigenvalue weighted by atomic mass is 15.1. The van der Waals surface area contributed by atoms with Crippen LogP contribution in [0.5, 0.6) is 0 Å². The Kier molecular flexibility index (Phi) is 14.2. The molecule has 1 fully saturated rings. The van der Waals surface area contributed by atoms with E-state index in [2.05, 4.69) is 18.9 Å². The van der Waals surface area contributed by atoms with Crippen LogP contribution in [0.3, 0.4) is 0 Å². The third-order valence-electron chi connectivity index (χ3n) is 2.39. The molecule has 0 aromatic carbocycles. The van der Waals surface area contributed by atoms with Crippen molar-refractivity contribution in [2.75, 3.05) is 13.6 Å². The van der Waals surface area contributed by atoms with Gasteiger partial charge in [-0.25, -0.2) is 0 Å². The van der Waals surface area contributed by atoms with Gasteiger partial charge in [-0.05, 0) is 33.4 Å². The maximum absolute atomic E-state index is 2.47. The molecule has 0 spiro atoms. The summed E-state index contributed by atoms with van der Waals surface area (Å²) in [6, 6.07) is 0.826. The van der Waals surface area contributed by atoms with Gasteiger partial charge in [0.15, 0.2) is 0 Å². The highest BCUT2D eigenvalue weighted by Crippen LogP contribution is 2.13. The molecule has 1 rings (SSSR count). The van der Waals surface area contributed by atoms with Crippen molar-refractivity contribution in [3.05, 3.63) is 0 Å². The van der Waals surface area contributed by atoms with Crippen molar-refractivity contribution in [2.45, 2.75) is 66.3 Å². The summed E-state index contributed by atoms with van der Waals surface area (Å²) in [5.74, 6) is 0. The van der Waals surface area contributed by atoms with Crippen LogP contribution in [0.4, 0.5) is 0 Å². The summed E-state index contributed by atoms with van der Waals surface area (Å²) < 4.78 is 0. The second-order valence-corrected chi connectivity index (χ2v) is 3.18. The van der Waals surface area contributed by atoms with Crippen LogP contribution in [0.1, 0.15) is 60.3 Å². The first kappa shape index (κ1) is 15.4. The Morgan fingerprint density at radius 3 is 2.00 bits per heavy atom. The molecule has 1 heterocycles. The molecule has 0 aromatic heterocycles. The van der Waals surface area contributed by atoms with Gasteiger partial charge in [-0.2, -0.15) is 0 Å². The van der Waals surface area contributed by atoms with Crippen molar-refractivity contribution in [3.63, 3.8) is 0 Å².